The number of H-pyrrole nitrogens is 1. The first-order chi connectivity index (χ1) is 10.6. The van der Waals surface area contributed by atoms with Gasteiger partial charge in [-0.05, 0) is 43.0 Å². The number of aryl methyl sites for hydroxylation is 1. The van der Waals surface area contributed by atoms with E-state index in [2.05, 4.69) is 4.98 Å². The maximum atomic E-state index is 12.1. The molecule has 0 aliphatic heterocycles. The van der Waals surface area contributed by atoms with Crippen molar-refractivity contribution in [3.05, 3.63) is 47.3 Å². The van der Waals surface area contributed by atoms with Gasteiger partial charge in [-0.1, -0.05) is 30.3 Å². The number of Topliss-reactive ketones (excluding diaryl/α,β-unsaturated/α-hetero) is 1. The van der Waals surface area contributed by atoms with E-state index in [1.807, 2.05) is 44.2 Å². The zero-order valence-electron chi connectivity index (χ0n) is 12.6. The number of aromatic nitrogens is 1. The third-order valence-corrected chi connectivity index (χ3v) is 3.66. The summed E-state index contributed by atoms with van der Waals surface area (Å²) in [6.07, 6.45) is 0.657. The number of rotatable bonds is 7. The van der Waals surface area contributed by atoms with Crippen molar-refractivity contribution in [3.8, 4) is 11.1 Å². The number of benzene rings is 1. The van der Waals surface area contributed by atoms with E-state index in [9.17, 15) is 9.59 Å². The Balaban J connectivity index is 2.53. The Morgan fingerprint density at radius 1 is 1.23 bits per heavy atom. The van der Waals surface area contributed by atoms with Crippen LogP contribution in [0.15, 0.2) is 30.3 Å². The minimum Gasteiger partial charge on any atom is -0.381 e. The van der Waals surface area contributed by atoms with Crippen LogP contribution in [0.3, 0.4) is 0 Å². The molecule has 0 unspecified atom stereocenters. The monoisotopic (exact) mass is 319 g/mol. The third-order valence-electron chi connectivity index (χ3n) is 3.49. The highest BCUT2D eigenvalue weighted by atomic mass is 35.5. The molecule has 0 aliphatic rings. The Kier molecular flexibility index (Phi) is 5.52. The van der Waals surface area contributed by atoms with Crippen molar-refractivity contribution in [2.24, 2.45) is 0 Å². The summed E-state index contributed by atoms with van der Waals surface area (Å²) in [6, 6.07) is 9.49. The first kappa shape index (κ1) is 16.5. The summed E-state index contributed by atoms with van der Waals surface area (Å²) in [6.45, 7) is 5.00. The zero-order chi connectivity index (χ0) is 16.1. The summed E-state index contributed by atoms with van der Waals surface area (Å²) in [5, 5.41) is -0.991. The lowest BCUT2D eigenvalue weighted by Gasteiger charge is -2.07. The number of ketones is 1. The van der Waals surface area contributed by atoms with Crippen molar-refractivity contribution < 1.29 is 14.3 Å². The molecule has 0 radical (unpaired) electrons. The molecule has 0 atom stereocenters. The molecule has 0 saturated heterocycles. The van der Waals surface area contributed by atoms with Crippen molar-refractivity contribution >= 4 is 22.6 Å². The van der Waals surface area contributed by atoms with Crippen LogP contribution in [0, 0.1) is 6.92 Å². The highest BCUT2D eigenvalue weighted by molar-refractivity contribution is 6.83. The van der Waals surface area contributed by atoms with Crippen LogP contribution in [0.2, 0.25) is 0 Å². The number of halogens is 1. The average molecular weight is 320 g/mol. The molecule has 116 valence electrons. The summed E-state index contributed by atoms with van der Waals surface area (Å²) in [4.78, 5) is 26.4. The first-order valence-electron chi connectivity index (χ1n) is 7.15. The van der Waals surface area contributed by atoms with Gasteiger partial charge in [-0.2, -0.15) is 0 Å². The van der Waals surface area contributed by atoms with Crippen molar-refractivity contribution in [1.29, 1.82) is 0 Å². The summed E-state index contributed by atoms with van der Waals surface area (Å²) in [5.41, 5.74) is 3.67. The summed E-state index contributed by atoms with van der Waals surface area (Å²) in [7, 11) is 0. The molecule has 0 bridgehead atoms. The van der Waals surface area contributed by atoms with Gasteiger partial charge < -0.3 is 9.72 Å². The van der Waals surface area contributed by atoms with E-state index in [-0.39, 0.29) is 5.69 Å². The van der Waals surface area contributed by atoms with Crippen LogP contribution in [0.1, 0.15) is 28.7 Å². The molecule has 0 fully saturated rings. The van der Waals surface area contributed by atoms with E-state index in [1.165, 1.54) is 0 Å². The topological polar surface area (TPSA) is 59.2 Å². The molecular weight excluding hydrogens is 302 g/mol. The van der Waals surface area contributed by atoms with E-state index in [0.29, 0.717) is 19.6 Å². The fraction of sp³-hybridized carbons (Fsp3) is 0.294. The molecule has 1 aromatic heterocycles. The molecule has 0 saturated carbocycles. The standard InChI is InChI=1S/C17H18ClNO3/c1-3-22-10-9-13-11(2)19-15(16(20)17(18)21)14(13)12-7-5-4-6-8-12/h4-8,19H,3,9-10H2,1-2H3. The van der Waals surface area contributed by atoms with Crippen molar-refractivity contribution in [1.82, 2.24) is 4.98 Å². The summed E-state index contributed by atoms with van der Waals surface area (Å²) < 4.78 is 5.41. The van der Waals surface area contributed by atoms with E-state index >= 15 is 0 Å². The van der Waals surface area contributed by atoms with Gasteiger partial charge in [-0.25, -0.2) is 0 Å². The van der Waals surface area contributed by atoms with Crippen molar-refractivity contribution in [3.63, 3.8) is 0 Å². The SMILES string of the molecule is CCOCCc1c(C)[nH]c(C(=O)C(=O)Cl)c1-c1ccccc1. The molecule has 4 nitrogen and oxygen atoms in total. The molecule has 2 aromatic rings. The van der Waals surface area contributed by atoms with Crippen LogP contribution in [0.4, 0.5) is 0 Å². The normalized spacial score (nSPS) is 10.7. The second kappa shape index (κ2) is 7.38. The maximum absolute atomic E-state index is 12.1. The van der Waals surface area contributed by atoms with Crippen LogP contribution in [-0.4, -0.2) is 29.2 Å². The fourth-order valence-corrected chi connectivity index (χ4v) is 2.58. The van der Waals surface area contributed by atoms with Gasteiger partial charge in [0, 0.05) is 17.9 Å². The second-order valence-corrected chi connectivity index (χ2v) is 5.24. The predicted molar refractivity (Wildman–Crippen MR) is 86.4 cm³/mol. The minimum absolute atomic E-state index is 0.246. The lowest BCUT2D eigenvalue weighted by atomic mass is 9.97. The van der Waals surface area contributed by atoms with Crippen LogP contribution < -0.4 is 0 Å². The predicted octanol–water partition coefficient (Wildman–Crippen LogP) is 3.52. The van der Waals surface area contributed by atoms with Crippen LogP contribution in [0.25, 0.3) is 11.1 Å². The zero-order valence-corrected chi connectivity index (χ0v) is 13.4. The van der Waals surface area contributed by atoms with Gasteiger partial charge in [0.25, 0.3) is 11.0 Å². The van der Waals surface area contributed by atoms with Gasteiger partial charge in [-0.15, -0.1) is 0 Å². The van der Waals surface area contributed by atoms with Gasteiger partial charge >= 0.3 is 0 Å². The Morgan fingerprint density at radius 2 is 1.91 bits per heavy atom. The number of hydrogen-bond donors (Lipinski definition) is 1. The Morgan fingerprint density at radius 3 is 2.50 bits per heavy atom. The summed E-state index contributed by atoms with van der Waals surface area (Å²) >= 11 is 5.38. The molecule has 1 N–H and O–H groups in total. The highest BCUT2D eigenvalue weighted by Crippen LogP contribution is 2.31. The third kappa shape index (κ3) is 3.46. The second-order valence-electron chi connectivity index (χ2n) is 4.89. The quantitative estimate of drug-likeness (QED) is 0.367. The van der Waals surface area contributed by atoms with Crippen molar-refractivity contribution in [2.45, 2.75) is 20.3 Å². The molecule has 22 heavy (non-hydrogen) atoms. The van der Waals surface area contributed by atoms with E-state index in [1.54, 1.807) is 0 Å². The number of carbonyl (C=O) groups excluding carboxylic acids is 2. The average Bonchev–Trinajstić information content (AvgIpc) is 2.84. The lowest BCUT2D eigenvalue weighted by Crippen LogP contribution is -2.09. The molecule has 0 aliphatic carbocycles. The van der Waals surface area contributed by atoms with E-state index in [4.69, 9.17) is 16.3 Å². The molecule has 0 amide bonds. The Hall–Kier alpha value is -1.91. The minimum atomic E-state index is -0.991. The molecule has 1 aromatic carbocycles. The van der Waals surface area contributed by atoms with Gasteiger partial charge in [-0.3, -0.25) is 9.59 Å². The first-order valence-corrected chi connectivity index (χ1v) is 7.52. The van der Waals surface area contributed by atoms with E-state index in [0.717, 1.165) is 22.4 Å². The van der Waals surface area contributed by atoms with E-state index < -0.39 is 11.0 Å². The Labute approximate surface area is 134 Å². The lowest BCUT2D eigenvalue weighted by molar-refractivity contribution is -0.108. The van der Waals surface area contributed by atoms with Gasteiger partial charge in [0.15, 0.2) is 0 Å². The fourth-order valence-electron chi connectivity index (χ4n) is 2.49. The molecular formula is C17H18ClNO3. The van der Waals surface area contributed by atoms with Crippen molar-refractivity contribution in [2.75, 3.05) is 13.2 Å². The molecule has 5 heteroatoms. The highest BCUT2D eigenvalue weighted by Gasteiger charge is 2.24. The number of carbonyl (C=O) groups is 2. The molecule has 1 heterocycles. The van der Waals surface area contributed by atoms with Crippen LogP contribution in [-0.2, 0) is 16.0 Å². The number of aromatic amines is 1. The van der Waals surface area contributed by atoms with Gasteiger partial charge in [0.1, 0.15) is 0 Å². The maximum Gasteiger partial charge on any atom is 0.294 e. The number of ether oxygens (including phenoxy) is 1. The van der Waals surface area contributed by atoms with Gasteiger partial charge in [0.05, 0.1) is 12.3 Å². The summed E-state index contributed by atoms with van der Waals surface area (Å²) in [5.74, 6) is -0.716. The van der Waals surface area contributed by atoms with Crippen LogP contribution in [0.5, 0.6) is 0 Å². The molecule has 0 spiro atoms. The number of hydrogen-bond acceptors (Lipinski definition) is 3. The molecule has 2 rings (SSSR count). The number of nitrogens with one attached hydrogen (secondary N) is 1. The van der Waals surface area contributed by atoms with Gasteiger partial charge in [0.2, 0.25) is 0 Å². The largest absolute Gasteiger partial charge is 0.381 e. The smallest absolute Gasteiger partial charge is 0.294 e. The Bertz CT molecular complexity index is 677. The van der Waals surface area contributed by atoms with Crippen LogP contribution >= 0.6 is 11.6 Å².